The maximum absolute atomic E-state index is 3.78. The number of rotatable bonds is 3. The van der Waals surface area contributed by atoms with Gasteiger partial charge in [-0.3, -0.25) is 0 Å². The van der Waals surface area contributed by atoms with Gasteiger partial charge in [0.05, 0.1) is 22.4 Å². The molecule has 53 heavy (non-hydrogen) atoms. The summed E-state index contributed by atoms with van der Waals surface area (Å²) >= 11 is 7.56. The molecular formula is C49H38Br2N2. The van der Waals surface area contributed by atoms with E-state index in [4.69, 9.17) is 0 Å². The van der Waals surface area contributed by atoms with Gasteiger partial charge in [-0.1, -0.05) is 133 Å². The first-order valence-corrected chi connectivity index (χ1v) is 20.3. The van der Waals surface area contributed by atoms with Crippen LogP contribution in [-0.2, 0) is 10.8 Å². The van der Waals surface area contributed by atoms with Gasteiger partial charge in [0, 0.05) is 47.9 Å². The highest BCUT2D eigenvalue weighted by molar-refractivity contribution is 9.10. The third-order valence-electron chi connectivity index (χ3n) is 13.0. The summed E-state index contributed by atoms with van der Waals surface area (Å²) in [6.45, 7) is 12.3. The van der Waals surface area contributed by atoms with Crippen molar-refractivity contribution in [1.82, 2.24) is 4.57 Å². The molecule has 7 aromatic rings. The third-order valence-corrected chi connectivity index (χ3v) is 14.0. The SMILES string of the molecule is CC1C(c2ccccc2)=CC2=C3C1c1cc(-c4ccccc4)cc4c1N3c1c(cc(-n3c5ccc(Br)cc5c5cc(Br)ccc53)cc1C4(C)C)C2(C)C. The second kappa shape index (κ2) is 10.7. The molecule has 0 saturated heterocycles. The average molecular weight is 815 g/mol. The Kier molecular flexibility index (Phi) is 6.45. The first kappa shape index (κ1) is 31.8. The molecule has 1 aliphatic carbocycles. The number of fused-ring (bicyclic) bond motifs is 4. The number of nitrogens with zero attached hydrogens (tertiary/aromatic N) is 2. The summed E-state index contributed by atoms with van der Waals surface area (Å²) in [7, 11) is 0. The first-order chi connectivity index (χ1) is 25.5. The van der Waals surface area contributed by atoms with Crippen molar-refractivity contribution in [2.24, 2.45) is 5.92 Å². The van der Waals surface area contributed by atoms with E-state index >= 15 is 0 Å². The van der Waals surface area contributed by atoms with Crippen molar-refractivity contribution in [3.63, 3.8) is 0 Å². The molecule has 2 unspecified atom stereocenters. The third kappa shape index (κ3) is 4.14. The maximum Gasteiger partial charge on any atom is 0.0542 e. The molecule has 0 amide bonds. The molecule has 0 fully saturated rings. The fourth-order valence-electron chi connectivity index (χ4n) is 10.3. The van der Waals surface area contributed by atoms with Crippen molar-refractivity contribution in [3.8, 4) is 16.8 Å². The van der Waals surface area contributed by atoms with E-state index in [-0.39, 0.29) is 16.7 Å². The molecular weight excluding hydrogens is 776 g/mol. The van der Waals surface area contributed by atoms with E-state index in [0.717, 1.165) is 8.95 Å². The van der Waals surface area contributed by atoms with E-state index in [9.17, 15) is 0 Å². The van der Waals surface area contributed by atoms with Crippen LogP contribution in [0.5, 0.6) is 0 Å². The minimum Gasteiger partial charge on any atom is -0.312 e. The Morgan fingerprint density at radius 2 is 1.13 bits per heavy atom. The number of halogens is 2. The molecule has 258 valence electrons. The number of aromatic nitrogens is 1. The number of hydrogen-bond acceptors (Lipinski definition) is 1. The molecule has 6 aromatic carbocycles. The Labute approximate surface area is 327 Å². The fraction of sp³-hybridized carbons (Fsp3) is 0.184. The Balaban J connectivity index is 1.27. The molecule has 0 spiro atoms. The lowest BCUT2D eigenvalue weighted by Gasteiger charge is -2.50. The normalized spacial score (nSPS) is 19.9. The molecule has 11 rings (SSSR count). The molecule has 4 heteroatoms. The largest absolute Gasteiger partial charge is 0.312 e. The standard InChI is InChI=1S/C49H38Br2N2/c1-27-34(29-14-10-7-11-15-29)26-41-47-44(27)37-20-30(28-12-8-6-9-13-28)21-38-45(37)53(47)46-39(48(38,2)3)24-33(25-40(46)49(41,4)5)52-42-18-16-31(50)22-35(42)36-23-32(51)17-19-43(36)52/h6-27,44H,1-5H3. The van der Waals surface area contributed by atoms with Crippen LogP contribution in [0.2, 0.25) is 0 Å². The van der Waals surface area contributed by atoms with Crippen LogP contribution >= 0.6 is 31.9 Å². The lowest BCUT2D eigenvalue weighted by molar-refractivity contribution is 0.553. The van der Waals surface area contributed by atoms with E-state index in [1.807, 2.05) is 0 Å². The summed E-state index contributed by atoms with van der Waals surface area (Å²) in [6, 6.07) is 45.6. The second-order valence-electron chi connectivity index (χ2n) is 16.5. The van der Waals surface area contributed by atoms with Crippen LogP contribution in [0.25, 0.3) is 44.2 Å². The highest BCUT2D eigenvalue weighted by atomic mass is 79.9. The van der Waals surface area contributed by atoms with Crippen molar-refractivity contribution >= 4 is 70.6 Å². The van der Waals surface area contributed by atoms with Crippen LogP contribution in [0.15, 0.2) is 148 Å². The number of benzene rings is 6. The van der Waals surface area contributed by atoms with Crippen LogP contribution in [0.3, 0.4) is 0 Å². The highest BCUT2D eigenvalue weighted by Crippen LogP contribution is 2.68. The van der Waals surface area contributed by atoms with E-state index in [2.05, 4.69) is 203 Å². The number of anilines is 2. The van der Waals surface area contributed by atoms with Gasteiger partial charge in [0.25, 0.3) is 0 Å². The van der Waals surface area contributed by atoms with Gasteiger partial charge < -0.3 is 9.47 Å². The van der Waals surface area contributed by atoms with Gasteiger partial charge in [-0.15, -0.1) is 0 Å². The van der Waals surface area contributed by atoms with E-state index in [1.54, 1.807) is 0 Å². The van der Waals surface area contributed by atoms with Crippen LogP contribution in [-0.4, -0.2) is 4.57 Å². The van der Waals surface area contributed by atoms with Crippen LogP contribution < -0.4 is 4.90 Å². The summed E-state index contributed by atoms with van der Waals surface area (Å²) in [5.74, 6) is 0.571. The molecule has 0 N–H and O–H groups in total. The Morgan fingerprint density at radius 1 is 0.566 bits per heavy atom. The summed E-state index contributed by atoms with van der Waals surface area (Å²) in [5.41, 5.74) is 19.8. The topological polar surface area (TPSA) is 8.17 Å². The van der Waals surface area contributed by atoms with E-state index in [0.29, 0.717) is 5.92 Å². The Hall–Kier alpha value is -4.64. The predicted molar refractivity (Wildman–Crippen MR) is 229 cm³/mol. The molecule has 3 aliphatic heterocycles. The zero-order chi connectivity index (χ0) is 36.1. The van der Waals surface area contributed by atoms with E-state index in [1.165, 1.54) is 94.7 Å². The van der Waals surface area contributed by atoms with Gasteiger partial charge in [0.1, 0.15) is 0 Å². The van der Waals surface area contributed by atoms with Gasteiger partial charge >= 0.3 is 0 Å². The summed E-state index contributed by atoms with van der Waals surface area (Å²) in [4.78, 5) is 2.72. The predicted octanol–water partition coefficient (Wildman–Crippen LogP) is 14.1. The van der Waals surface area contributed by atoms with Gasteiger partial charge in [0.2, 0.25) is 0 Å². The first-order valence-electron chi connectivity index (χ1n) is 18.7. The smallest absolute Gasteiger partial charge is 0.0542 e. The van der Waals surface area contributed by atoms with Gasteiger partial charge in [0.15, 0.2) is 0 Å². The average Bonchev–Trinajstić information content (AvgIpc) is 3.67. The van der Waals surface area contributed by atoms with Crippen molar-refractivity contribution in [3.05, 3.63) is 175 Å². The highest BCUT2D eigenvalue weighted by Gasteiger charge is 2.55. The summed E-state index contributed by atoms with van der Waals surface area (Å²) < 4.78 is 4.67. The molecule has 2 atom stereocenters. The quantitative estimate of drug-likeness (QED) is 0.173. The Bertz CT molecular complexity index is 2760. The Morgan fingerprint density at radius 3 is 1.75 bits per heavy atom. The lowest BCUT2D eigenvalue weighted by Crippen LogP contribution is -2.40. The second-order valence-corrected chi connectivity index (χ2v) is 18.3. The zero-order valence-corrected chi connectivity index (χ0v) is 33.6. The maximum atomic E-state index is 3.78. The molecule has 0 saturated carbocycles. The molecule has 4 heterocycles. The van der Waals surface area contributed by atoms with E-state index < -0.39 is 0 Å². The van der Waals surface area contributed by atoms with Gasteiger partial charge in [-0.2, -0.15) is 0 Å². The molecule has 1 aromatic heterocycles. The summed E-state index contributed by atoms with van der Waals surface area (Å²) in [6.07, 6.45) is 2.57. The minimum absolute atomic E-state index is 0.243. The molecule has 0 bridgehead atoms. The monoisotopic (exact) mass is 812 g/mol. The number of allylic oxidation sites excluding steroid dienone is 4. The zero-order valence-electron chi connectivity index (χ0n) is 30.4. The van der Waals surface area contributed by atoms with Crippen molar-refractivity contribution in [2.75, 3.05) is 4.90 Å². The van der Waals surface area contributed by atoms with Crippen LogP contribution in [0.4, 0.5) is 11.4 Å². The summed E-state index contributed by atoms with van der Waals surface area (Å²) in [5, 5.41) is 2.49. The lowest BCUT2D eigenvalue weighted by atomic mass is 9.64. The molecule has 4 aliphatic rings. The van der Waals surface area contributed by atoms with Crippen LogP contribution in [0, 0.1) is 5.92 Å². The van der Waals surface area contributed by atoms with Crippen molar-refractivity contribution in [2.45, 2.75) is 51.4 Å². The minimum atomic E-state index is -0.253. The van der Waals surface area contributed by atoms with Gasteiger partial charge in [-0.25, -0.2) is 0 Å². The fourth-order valence-corrected chi connectivity index (χ4v) is 11.1. The van der Waals surface area contributed by atoms with Crippen LogP contribution in [0.1, 0.15) is 68.4 Å². The van der Waals surface area contributed by atoms with Gasteiger partial charge in [-0.05, 0) is 117 Å². The van der Waals surface area contributed by atoms with Crippen molar-refractivity contribution < 1.29 is 0 Å². The molecule has 0 radical (unpaired) electrons. The van der Waals surface area contributed by atoms with Crippen molar-refractivity contribution in [1.29, 1.82) is 0 Å². The number of hydrogen-bond donors (Lipinski definition) is 0. The molecule has 2 nitrogen and oxygen atoms in total.